The summed E-state index contributed by atoms with van der Waals surface area (Å²) in [5, 5.41) is 11.4. The molecule has 3 aromatic carbocycles. The van der Waals surface area contributed by atoms with E-state index in [1.807, 2.05) is 54.6 Å². The highest BCUT2D eigenvalue weighted by molar-refractivity contribution is 8.19. The summed E-state index contributed by atoms with van der Waals surface area (Å²) >= 11 is 2.97. The Balaban J connectivity index is 1.57. The highest BCUT2D eigenvalue weighted by Gasteiger charge is 2.39. The van der Waals surface area contributed by atoms with Crippen LogP contribution in [0.15, 0.2) is 92.6 Å². The Kier molecular flexibility index (Phi) is 6.26. The smallest absolute Gasteiger partial charge is 0.269 e. The lowest BCUT2D eigenvalue weighted by Gasteiger charge is -2.19. The maximum atomic E-state index is 13.8. The van der Waals surface area contributed by atoms with Crippen LogP contribution in [0.2, 0.25) is 0 Å². The third kappa shape index (κ3) is 4.26. The van der Waals surface area contributed by atoms with Crippen LogP contribution in [0.4, 0.5) is 11.4 Å². The van der Waals surface area contributed by atoms with E-state index in [0.717, 1.165) is 33.5 Å². The number of amidine groups is 1. The van der Waals surface area contributed by atoms with Crippen molar-refractivity contribution in [1.82, 2.24) is 4.90 Å². The van der Waals surface area contributed by atoms with Crippen LogP contribution in [0.5, 0.6) is 11.5 Å². The third-order valence-electron chi connectivity index (χ3n) is 5.52. The van der Waals surface area contributed by atoms with Crippen molar-refractivity contribution in [3.05, 3.63) is 88.3 Å². The predicted molar refractivity (Wildman–Crippen MR) is 139 cm³/mol. The number of hydrogen-bond donors (Lipinski definition) is 1. The topological polar surface area (TPSA) is 65.4 Å². The second kappa shape index (κ2) is 9.48. The van der Waals surface area contributed by atoms with Gasteiger partial charge in [0.25, 0.3) is 5.91 Å². The third-order valence-corrected chi connectivity index (χ3v) is 7.90. The molecule has 34 heavy (non-hydrogen) atoms. The molecule has 0 radical (unpaired) electrons. The molecule has 1 amide bonds. The van der Waals surface area contributed by atoms with E-state index >= 15 is 0 Å². The molecule has 3 aromatic rings. The van der Waals surface area contributed by atoms with Crippen molar-refractivity contribution in [1.29, 1.82) is 0 Å². The Morgan fingerprint density at radius 3 is 2.53 bits per heavy atom. The number of aliphatic imine (C=N–C) groups is 1. The van der Waals surface area contributed by atoms with Gasteiger partial charge in [-0.15, -0.1) is 0 Å². The fourth-order valence-electron chi connectivity index (χ4n) is 3.87. The number of carbonyl (C=O) groups excluding carboxylic acids is 1. The van der Waals surface area contributed by atoms with Crippen LogP contribution in [0.25, 0.3) is 0 Å². The zero-order chi connectivity index (χ0) is 23.7. The molecule has 2 aliphatic heterocycles. The number of phenols is 1. The average Bonchev–Trinajstić information content (AvgIpc) is 3.36. The summed E-state index contributed by atoms with van der Waals surface area (Å²) in [4.78, 5) is 24.1. The van der Waals surface area contributed by atoms with E-state index in [4.69, 9.17) is 9.73 Å². The number of anilines is 1. The van der Waals surface area contributed by atoms with Gasteiger partial charge in [0.1, 0.15) is 21.4 Å². The van der Waals surface area contributed by atoms with Gasteiger partial charge in [0.15, 0.2) is 5.17 Å². The minimum atomic E-state index is -0.0755. The summed E-state index contributed by atoms with van der Waals surface area (Å²) in [6.07, 6.45) is 0. The minimum Gasteiger partial charge on any atom is -0.508 e. The Morgan fingerprint density at radius 1 is 0.971 bits per heavy atom. The summed E-state index contributed by atoms with van der Waals surface area (Å²) in [6, 6.07) is 22.6. The van der Waals surface area contributed by atoms with E-state index < -0.39 is 0 Å². The highest BCUT2D eigenvalue weighted by Crippen LogP contribution is 2.51. The molecule has 0 saturated carbocycles. The molecule has 0 aromatic heterocycles. The molecule has 1 N–H and O–H groups in total. The van der Waals surface area contributed by atoms with Crippen LogP contribution in [0, 0.1) is 0 Å². The number of ether oxygens (including phenoxy) is 1. The zero-order valence-electron chi connectivity index (χ0n) is 18.8. The van der Waals surface area contributed by atoms with Crippen molar-refractivity contribution in [2.24, 2.45) is 4.99 Å². The van der Waals surface area contributed by atoms with Gasteiger partial charge >= 0.3 is 0 Å². The molecule has 6 nitrogen and oxygen atoms in total. The first kappa shape index (κ1) is 22.4. The van der Waals surface area contributed by atoms with Gasteiger partial charge in [-0.05, 0) is 48.5 Å². The van der Waals surface area contributed by atoms with E-state index in [-0.39, 0.29) is 11.7 Å². The number of nitrogens with zero attached hydrogens (tertiary/aromatic N) is 3. The molecule has 0 aliphatic carbocycles. The monoisotopic (exact) mass is 489 g/mol. The molecule has 0 unspecified atom stereocenters. The number of rotatable bonds is 5. The Bertz CT molecular complexity index is 1310. The number of aromatic hydroxyl groups is 1. The number of carbonyl (C=O) groups is 1. The number of phenolic OH excluding ortho intramolecular Hbond substituents is 1. The predicted octanol–water partition coefficient (Wildman–Crippen LogP) is 5.97. The van der Waals surface area contributed by atoms with Crippen LogP contribution < -0.4 is 9.64 Å². The van der Waals surface area contributed by atoms with Gasteiger partial charge in [-0.2, -0.15) is 0 Å². The number of thioether (sulfide) groups is 2. The molecular formula is C26H23N3O3S2. The second-order valence-electron chi connectivity index (χ2n) is 7.71. The standard InChI is InChI=1S/C26H23N3O3S2/c1-3-28-21-15-20(32-2)12-13-22(21)33-25(28)23-24(31)29(16-17-8-5-4-6-9-17)26(34-23)27-18-10-7-11-19(30)14-18/h4-15,30H,3,16H2,1-2H3. The molecule has 0 atom stereocenters. The second-order valence-corrected chi connectivity index (χ2v) is 9.72. The van der Waals surface area contributed by atoms with Crippen LogP contribution >= 0.6 is 23.5 Å². The van der Waals surface area contributed by atoms with Crippen molar-refractivity contribution < 1.29 is 14.6 Å². The number of methoxy groups -OCH3 is 1. The highest BCUT2D eigenvalue weighted by atomic mass is 32.2. The van der Waals surface area contributed by atoms with Crippen molar-refractivity contribution in [2.75, 3.05) is 18.6 Å². The van der Waals surface area contributed by atoms with Crippen LogP contribution in [-0.2, 0) is 11.3 Å². The molecule has 1 fully saturated rings. The van der Waals surface area contributed by atoms with Gasteiger partial charge in [-0.1, -0.05) is 48.2 Å². The molecule has 2 aliphatic rings. The number of hydrogen-bond acceptors (Lipinski definition) is 7. The van der Waals surface area contributed by atoms with E-state index in [2.05, 4.69) is 11.8 Å². The van der Waals surface area contributed by atoms with Gasteiger partial charge in [0.05, 0.1) is 25.0 Å². The summed E-state index contributed by atoms with van der Waals surface area (Å²) in [7, 11) is 1.65. The normalized spacial score (nSPS) is 18.6. The maximum Gasteiger partial charge on any atom is 0.269 e. The number of amides is 1. The van der Waals surface area contributed by atoms with Crippen molar-refractivity contribution >= 4 is 46.0 Å². The Labute approximate surface area is 206 Å². The Morgan fingerprint density at radius 2 is 1.79 bits per heavy atom. The Hall–Kier alpha value is -3.36. The van der Waals surface area contributed by atoms with Crippen molar-refractivity contribution in [3.63, 3.8) is 0 Å². The van der Waals surface area contributed by atoms with Gasteiger partial charge in [0, 0.05) is 23.6 Å². The average molecular weight is 490 g/mol. The zero-order valence-corrected chi connectivity index (χ0v) is 20.4. The van der Waals surface area contributed by atoms with Gasteiger partial charge in [-0.3, -0.25) is 9.69 Å². The summed E-state index contributed by atoms with van der Waals surface area (Å²) in [5.74, 6) is 0.844. The SMILES string of the molecule is CCN1C(=C2SC(=Nc3cccc(O)c3)N(Cc3ccccc3)C2=O)Sc2ccc(OC)cc21. The maximum absolute atomic E-state index is 13.8. The largest absolute Gasteiger partial charge is 0.508 e. The molecule has 8 heteroatoms. The number of fused-ring (bicyclic) bond motifs is 1. The molecule has 0 spiro atoms. The van der Waals surface area contributed by atoms with Crippen LogP contribution in [0.1, 0.15) is 12.5 Å². The first-order valence-corrected chi connectivity index (χ1v) is 12.5. The summed E-state index contributed by atoms with van der Waals surface area (Å²) in [5.41, 5.74) is 2.65. The molecule has 5 rings (SSSR count). The quantitative estimate of drug-likeness (QED) is 0.446. The molecule has 0 bridgehead atoms. The molecule has 1 saturated heterocycles. The molecular weight excluding hydrogens is 466 g/mol. The fraction of sp³-hybridized carbons (Fsp3) is 0.154. The van der Waals surface area contributed by atoms with E-state index in [1.165, 1.54) is 11.8 Å². The van der Waals surface area contributed by atoms with Crippen LogP contribution in [0.3, 0.4) is 0 Å². The van der Waals surface area contributed by atoms with E-state index in [0.29, 0.717) is 22.3 Å². The first-order valence-electron chi connectivity index (χ1n) is 10.9. The lowest BCUT2D eigenvalue weighted by atomic mass is 10.2. The van der Waals surface area contributed by atoms with Crippen LogP contribution in [-0.4, -0.2) is 34.7 Å². The lowest BCUT2D eigenvalue weighted by molar-refractivity contribution is -0.122. The minimum absolute atomic E-state index is 0.0755. The van der Waals surface area contributed by atoms with E-state index in [9.17, 15) is 9.90 Å². The molecule has 172 valence electrons. The van der Waals surface area contributed by atoms with Crippen molar-refractivity contribution in [3.8, 4) is 11.5 Å². The van der Waals surface area contributed by atoms with Gasteiger partial charge < -0.3 is 14.7 Å². The first-order chi connectivity index (χ1) is 16.6. The molecule has 2 heterocycles. The lowest BCUT2D eigenvalue weighted by Crippen LogP contribution is -2.29. The van der Waals surface area contributed by atoms with Gasteiger partial charge in [-0.25, -0.2) is 4.99 Å². The number of benzene rings is 3. The van der Waals surface area contributed by atoms with Gasteiger partial charge in [0.2, 0.25) is 0 Å². The van der Waals surface area contributed by atoms with E-state index in [1.54, 1.807) is 42.0 Å². The van der Waals surface area contributed by atoms with Crippen molar-refractivity contribution in [2.45, 2.75) is 18.4 Å². The summed E-state index contributed by atoms with van der Waals surface area (Å²) < 4.78 is 5.42. The summed E-state index contributed by atoms with van der Waals surface area (Å²) in [6.45, 7) is 3.21. The fourth-order valence-corrected chi connectivity index (χ4v) is 6.24.